The highest BCUT2D eigenvalue weighted by Gasteiger charge is 2.12. The molecular formula is C17H23N3O. The van der Waals surface area contributed by atoms with Gasteiger partial charge in [0, 0.05) is 31.9 Å². The van der Waals surface area contributed by atoms with Gasteiger partial charge in [-0.2, -0.15) is 5.10 Å². The molecule has 0 radical (unpaired) electrons. The molecule has 0 fully saturated rings. The highest BCUT2D eigenvalue weighted by Crippen LogP contribution is 2.21. The molecule has 4 heteroatoms. The van der Waals surface area contributed by atoms with Crippen LogP contribution in [0.2, 0.25) is 0 Å². The Morgan fingerprint density at radius 1 is 1.38 bits per heavy atom. The van der Waals surface area contributed by atoms with Crippen LogP contribution < -0.4 is 4.90 Å². The summed E-state index contributed by atoms with van der Waals surface area (Å²) in [6.07, 6.45) is 4.20. The molecule has 1 aromatic heterocycles. The summed E-state index contributed by atoms with van der Waals surface area (Å²) in [6.45, 7) is 6.91. The number of rotatable bonds is 5. The lowest BCUT2D eigenvalue weighted by Crippen LogP contribution is -2.27. The number of anilines is 1. The summed E-state index contributed by atoms with van der Waals surface area (Å²) in [5, 5.41) is 4.20. The topological polar surface area (TPSA) is 38.1 Å². The van der Waals surface area contributed by atoms with E-state index in [0.29, 0.717) is 18.9 Å². The van der Waals surface area contributed by atoms with E-state index >= 15 is 0 Å². The molecule has 21 heavy (non-hydrogen) atoms. The van der Waals surface area contributed by atoms with Gasteiger partial charge >= 0.3 is 0 Å². The Labute approximate surface area is 126 Å². The van der Waals surface area contributed by atoms with Crippen molar-refractivity contribution in [2.75, 3.05) is 11.9 Å². The van der Waals surface area contributed by atoms with E-state index in [4.69, 9.17) is 0 Å². The van der Waals surface area contributed by atoms with Crippen LogP contribution >= 0.6 is 0 Å². The normalized spacial score (nSPS) is 10.9. The van der Waals surface area contributed by atoms with Crippen LogP contribution in [0.5, 0.6) is 0 Å². The van der Waals surface area contributed by atoms with Crippen LogP contribution in [0, 0.1) is 6.92 Å². The molecule has 1 heterocycles. The van der Waals surface area contributed by atoms with Gasteiger partial charge in [0.05, 0.1) is 6.20 Å². The summed E-state index contributed by atoms with van der Waals surface area (Å²) in [7, 11) is 1.83. The van der Waals surface area contributed by atoms with E-state index in [9.17, 15) is 4.79 Å². The molecule has 112 valence electrons. The van der Waals surface area contributed by atoms with Crippen LogP contribution in [0.25, 0.3) is 0 Å². The Kier molecular flexibility index (Phi) is 4.78. The number of carbonyl (C=O) groups excluding carboxylic acids is 1. The van der Waals surface area contributed by atoms with Crippen LogP contribution in [0.4, 0.5) is 5.69 Å². The fourth-order valence-corrected chi connectivity index (χ4v) is 2.20. The summed E-state index contributed by atoms with van der Waals surface area (Å²) >= 11 is 0. The quantitative estimate of drug-likeness (QED) is 0.844. The van der Waals surface area contributed by atoms with Gasteiger partial charge in [0.15, 0.2) is 0 Å². The number of aromatic nitrogens is 2. The minimum atomic E-state index is 0.101. The molecule has 0 aliphatic carbocycles. The van der Waals surface area contributed by atoms with Gasteiger partial charge in [-0.25, -0.2) is 0 Å². The lowest BCUT2D eigenvalue weighted by molar-refractivity contribution is -0.118. The maximum atomic E-state index is 12.3. The summed E-state index contributed by atoms with van der Waals surface area (Å²) in [6, 6.07) is 8.16. The van der Waals surface area contributed by atoms with Crippen LogP contribution in [0.15, 0.2) is 36.7 Å². The fourth-order valence-electron chi connectivity index (χ4n) is 2.20. The molecule has 0 spiro atoms. The van der Waals surface area contributed by atoms with Crippen molar-refractivity contribution >= 4 is 11.6 Å². The minimum absolute atomic E-state index is 0.101. The molecule has 0 saturated heterocycles. The summed E-state index contributed by atoms with van der Waals surface area (Å²) in [4.78, 5) is 14.0. The van der Waals surface area contributed by atoms with E-state index in [0.717, 1.165) is 11.3 Å². The van der Waals surface area contributed by atoms with Crippen molar-refractivity contribution in [2.24, 2.45) is 0 Å². The summed E-state index contributed by atoms with van der Waals surface area (Å²) in [5.41, 5.74) is 3.30. The zero-order valence-corrected chi connectivity index (χ0v) is 13.2. The van der Waals surface area contributed by atoms with Gasteiger partial charge in [0.1, 0.15) is 0 Å². The zero-order valence-electron chi connectivity index (χ0n) is 13.2. The Hall–Kier alpha value is -2.10. The molecule has 0 saturated carbocycles. The van der Waals surface area contributed by atoms with Crippen molar-refractivity contribution < 1.29 is 4.79 Å². The third-order valence-electron chi connectivity index (χ3n) is 3.62. The monoisotopic (exact) mass is 285 g/mol. The number of benzene rings is 1. The second-order valence-corrected chi connectivity index (χ2v) is 5.73. The largest absolute Gasteiger partial charge is 0.315 e. The Morgan fingerprint density at radius 2 is 2.14 bits per heavy atom. The maximum Gasteiger partial charge on any atom is 0.228 e. The van der Waals surface area contributed by atoms with Crippen molar-refractivity contribution in [3.05, 3.63) is 47.8 Å². The van der Waals surface area contributed by atoms with E-state index in [1.54, 1.807) is 11.1 Å². The van der Waals surface area contributed by atoms with Crippen LogP contribution in [-0.2, 0) is 11.3 Å². The number of amides is 1. The average Bonchev–Trinajstić information content (AvgIpc) is 2.89. The molecule has 0 aliphatic heterocycles. The number of aryl methyl sites for hydroxylation is 2. The van der Waals surface area contributed by atoms with Crippen LogP contribution in [-0.4, -0.2) is 22.7 Å². The van der Waals surface area contributed by atoms with Gasteiger partial charge in [-0.1, -0.05) is 26.0 Å². The van der Waals surface area contributed by atoms with E-state index in [1.807, 2.05) is 37.0 Å². The first-order valence-electron chi connectivity index (χ1n) is 7.33. The summed E-state index contributed by atoms with van der Waals surface area (Å²) in [5.74, 6) is 0.560. The SMILES string of the molecule is Cc1cnn(CCC(=O)N(C)c2cccc(C(C)C)c2)c1. The third kappa shape index (κ3) is 3.94. The molecule has 1 aromatic carbocycles. The Morgan fingerprint density at radius 3 is 2.76 bits per heavy atom. The van der Waals surface area contributed by atoms with E-state index < -0.39 is 0 Å². The zero-order chi connectivity index (χ0) is 15.4. The molecule has 0 unspecified atom stereocenters. The fraction of sp³-hybridized carbons (Fsp3) is 0.412. The van der Waals surface area contributed by atoms with Gasteiger partial charge in [-0.05, 0) is 36.1 Å². The maximum absolute atomic E-state index is 12.3. The molecule has 0 N–H and O–H groups in total. The predicted octanol–water partition coefficient (Wildman–Crippen LogP) is 3.37. The molecular weight excluding hydrogens is 262 g/mol. The van der Waals surface area contributed by atoms with Crippen molar-refractivity contribution in [1.29, 1.82) is 0 Å². The van der Waals surface area contributed by atoms with Crippen molar-refractivity contribution in [2.45, 2.75) is 39.7 Å². The predicted molar refractivity (Wildman–Crippen MR) is 85.5 cm³/mol. The van der Waals surface area contributed by atoms with Gasteiger partial charge in [-0.15, -0.1) is 0 Å². The minimum Gasteiger partial charge on any atom is -0.315 e. The number of hydrogen-bond acceptors (Lipinski definition) is 2. The molecule has 4 nitrogen and oxygen atoms in total. The Bertz CT molecular complexity index is 616. The van der Waals surface area contributed by atoms with Gasteiger partial charge < -0.3 is 4.90 Å². The lowest BCUT2D eigenvalue weighted by Gasteiger charge is -2.19. The number of hydrogen-bond donors (Lipinski definition) is 0. The molecule has 0 bridgehead atoms. The molecule has 2 rings (SSSR count). The first kappa shape index (κ1) is 15.3. The first-order chi connectivity index (χ1) is 9.97. The molecule has 1 amide bonds. The highest BCUT2D eigenvalue weighted by atomic mass is 16.2. The van der Waals surface area contributed by atoms with Gasteiger partial charge in [0.2, 0.25) is 5.91 Å². The van der Waals surface area contributed by atoms with E-state index in [-0.39, 0.29) is 5.91 Å². The number of nitrogens with zero attached hydrogens (tertiary/aromatic N) is 3. The smallest absolute Gasteiger partial charge is 0.228 e. The van der Waals surface area contributed by atoms with Crippen molar-refractivity contribution in [3.8, 4) is 0 Å². The molecule has 0 atom stereocenters. The first-order valence-corrected chi connectivity index (χ1v) is 7.33. The third-order valence-corrected chi connectivity index (χ3v) is 3.62. The van der Waals surface area contributed by atoms with Crippen molar-refractivity contribution in [1.82, 2.24) is 9.78 Å². The van der Waals surface area contributed by atoms with E-state index in [1.165, 1.54) is 5.56 Å². The Balaban J connectivity index is 2.00. The van der Waals surface area contributed by atoms with Gasteiger partial charge in [-0.3, -0.25) is 9.48 Å². The molecule has 0 aliphatic rings. The van der Waals surface area contributed by atoms with E-state index in [2.05, 4.69) is 31.1 Å². The second kappa shape index (κ2) is 6.57. The van der Waals surface area contributed by atoms with Crippen LogP contribution in [0.1, 0.15) is 37.3 Å². The second-order valence-electron chi connectivity index (χ2n) is 5.73. The number of carbonyl (C=O) groups is 1. The standard InChI is InChI=1S/C17H23N3O/c1-13(2)15-6-5-7-16(10-15)19(4)17(21)8-9-20-12-14(3)11-18-20/h5-7,10-13H,8-9H2,1-4H3. The molecule has 2 aromatic rings. The highest BCUT2D eigenvalue weighted by molar-refractivity contribution is 5.92. The lowest BCUT2D eigenvalue weighted by atomic mass is 10.0. The van der Waals surface area contributed by atoms with Crippen molar-refractivity contribution in [3.63, 3.8) is 0 Å². The average molecular weight is 285 g/mol. The van der Waals surface area contributed by atoms with Crippen LogP contribution in [0.3, 0.4) is 0 Å². The summed E-state index contributed by atoms with van der Waals surface area (Å²) < 4.78 is 1.81. The van der Waals surface area contributed by atoms with Gasteiger partial charge in [0.25, 0.3) is 0 Å².